The average Bonchev–Trinajstić information content (AvgIpc) is 3.21. The van der Waals surface area contributed by atoms with Gasteiger partial charge >= 0.3 is 0 Å². The van der Waals surface area contributed by atoms with Crippen molar-refractivity contribution in [1.29, 1.82) is 0 Å². The van der Waals surface area contributed by atoms with Crippen molar-refractivity contribution in [2.24, 2.45) is 10.8 Å². The van der Waals surface area contributed by atoms with Crippen molar-refractivity contribution >= 4 is 5.96 Å². The lowest BCUT2D eigenvalue weighted by molar-refractivity contribution is 0.197. The first-order chi connectivity index (χ1) is 8.81. The maximum Gasteiger partial charge on any atom is 0.205 e. The minimum absolute atomic E-state index is 0.665. The lowest BCUT2D eigenvalue weighted by Crippen LogP contribution is -2.45. The zero-order chi connectivity index (χ0) is 13.2. The van der Waals surface area contributed by atoms with E-state index < -0.39 is 0 Å². The number of likely N-dealkylation sites (N-methyl/N-ethyl adjacent to an activating group) is 1. The number of nitrogens with zero attached hydrogens (tertiary/aromatic N) is 2. The molecule has 1 aliphatic rings. The molecule has 0 aromatic carbocycles. The van der Waals surface area contributed by atoms with Crippen LogP contribution in [0.2, 0.25) is 0 Å². The molecule has 0 unspecified atom stereocenters. The molecule has 6 nitrogen and oxygen atoms in total. The molecular formula is C12H27N5O. The fourth-order valence-corrected chi connectivity index (χ4v) is 1.91. The number of hydrogen-bond acceptors (Lipinski definition) is 4. The topological polar surface area (TPSA) is 74.9 Å². The summed E-state index contributed by atoms with van der Waals surface area (Å²) in [7, 11) is 1.70. The molecule has 0 heterocycles. The molecule has 1 aliphatic carbocycles. The average molecular weight is 257 g/mol. The van der Waals surface area contributed by atoms with Crippen LogP contribution < -0.4 is 16.6 Å². The molecule has 0 bridgehead atoms. The highest BCUT2D eigenvalue weighted by Gasteiger charge is 2.27. The normalized spacial score (nSPS) is 16.1. The fraction of sp³-hybridized carbons (Fsp3) is 0.917. The highest BCUT2D eigenvalue weighted by atomic mass is 16.5. The summed E-state index contributed by atoms with van der Waals surface area (Å²) in [6.07, 6.45) is 3.61. The van der Waals surface area contributed by atoms with Gasteiger partial charge in [0.1, 0.15) is 0 Å². The highest BCUT2D eigenvalue weighted by Crippen LogP contribution is 2.25. The molecule has 0 radical (unpaired) electrons. The van der Waals surface area contributed by atoms with Crippen LogP contribution >= 0.6 is 0 Å². The molecule has 6 heteroatoms. The Hall–Kier alpha value is -0.850. The largest absolute Gasteiger partial charge is 0.385 e. The number of hydrazine groups is 1. The van der Waals surface area contributed by atoms with Crippen molar-refractivity contribution < 1.29 is 4.74 Å². The summed E-state index contributed by atoms with van der Waals surface area (Å²) in [6, 6.07) is 0.810. The number of ether oxygens (including phenoxy) is 1. The van der Waals surface area contributed by atoms with E-state index in [4.69, 9.17) is 10.6 Å². The van der Waals surface area contributed by atoms with Gasteiger partial charge < -0.3 is 10.1 Å². The lowest BCUT2D eigenvalue weighted by atomic mass is 10.4. The molecule has 0 aromatic heterocycles. The number of nitrogens with two attached hydrogens (primary N) is 1. The Morgan fingerprint density at radius 1 is 1.50 bits per heavy atom. The maximum absolute atomic E-state index is 5.42. The third-order valence-electron chi connectivity index (χ3n) is 3.07. The Morgan fingerprint density at radius 3 is 2.83 bits per heavy atom. The zero-order valence-corrected chi connectivity index (χ0v) is 11.6. The molecular weight excluding hydrogens is 230 g/mol. The van der Waals surface area contributed by atoms with Crippen molar-refractivity contribution in [3.63, 3.8) is 0 Å². The van der Waals surface area contributed by atoms with Crippen LogP contribution in [0.4, 0.5) is 0 Å². The second-order valence-corrected chi connectivity index (χ2v) is 4.51. The van der Waals surface area contributed by atoms with Crippen LogP contribution in [0, 0.1) is 0 Å². The molecule has 0 spiro atoms. The van der Waals surface area contributed by atoms with Crippen LogP contribution in [0.25, 0.3) is 0 Å². The molecule has 0 aromatic rings. The molecule has 1 rings (SSSR count). The van der Waals surface area contributed by atoms with Crippen LogP contribution in [0.1, 0.15) is 26.2 Å². The number of methoxy groups -OCH3 is 1. The van der Waals surface area contributed by atoms with E-state index in [9.17, 15) is 0 Å². The molecule has 1 saturated carbocycles. The molecule has 0 atom stereocenters. The van der Waals surface area contributed by atoms with E-state index in [-0.39, 0.29) is 0 Å². The van der Waals surface area contributed by atoms with Gasteiger partial charge in [0.15, 0.2) is 0 Å². The van der Waals surface area contributed by atoms with Gasteiger partial charge in [0.25, 0.3) is 0 Å². The van der Waals surface area contributed by atoms with Crippen LogP contribution in [0.15, 0.2) is 4.99 Å². The summed E-state index contributed by atoms with van der Waals surface area (Å²) in [5, 5.41) is 3.23. The summed E-state index contributed by atoms with van der Waals surface area (Å²) in [5.74, 6) is 6.09. The second-order valence-electron chi connectivity index (χ2n) is 4.51. The van der Waals surface area contributed by atoms with Gasteiger partial charge in [-0.2, -0.15) is 0 Å². The Kier molecular flexibility index (Phi) is 7.71. The van der Waals surface area contributed by atoms with Crippen LogP contribution in [-0.4, -0.2) is 56.8 Å². The van der Waals surface area contributed by atoms with Crippen LogP contribution in [0.5, 0.6) is 0 Å². The van der Waals surface area contributed by atoms with Crippen molar-refractivity contribution in [3.8, 4) is 0 Å². The summed E-state index contributed by atoms with van der Waals surface area (Å²) in [6.45, 7) is 6.69. The second kappa shape index (κ2) is 9.13. The van der Waals surface area contributed by atoms with Gasteiger partial charge in [-0.3, -0.25) is 15.3 Å². The Labute approximate surface area is 110 Å². The summed E-state index contributed by atoms with van der Waals surface area (Å²) < 4.78 is 4.97. The molecule has 1 fully saturated rings. The van der Waals surface area contributed by atoms with Crippen molar-refractivity contribution in [2.45, 2.75) is 32.2 Å². The Bertz CT molecular complexity index is 243. The molecule has 18 heavy (non-hydrogen) atoms. The van der Waals surface area contributed by atoms with Gasteiger partial charge in [0.2, 0.25) is 5.96 Å². The van der Waals surface area contributed by atoms with Gasteiger partial charge in [-0.1, -0.05) is 6.92 Å². The molecule has 4 N–H and O–H groups in total. The number of aliphatic imine (C=N–C) groups is 1. The molecule has 106 valence electrons. The maximum atomic E-state index is 5.42. The van der Waals surface area contributed by atoms with Gasteiger partial charge in [0.05, 0.1) is 0 Å². The first-order valence-corrected chi connectivity index (χ1v) is 6.79. The third-order valence-corrected chi connectivity index (χ3v) is 3.07. The summed E-state index contributed by atoms with van der Waals surface area (Å²) in [5.41, 5.74) is 2.60. The fourth-order valence-electron chi connectivity index (χ4n) is 1.91. The smallest absolute Gasteiger partial charge is 0.205 e. The van der Waals surface area contributed by atoms with Gasteiger partial charge in [0, 0.05) is 39.4 Å². The van der Waals surface area contributed by atoms with Crippen molar-refractivity contribution in [1.82, 2.24) is 15.6 Å². The minimum Gasteiger partial charge on any atom is -0.385 e. The van der Waals surface area contributed by atoms with E-state index in [2.05, 4.69) is 27.6 Å². The van der Waals surface area contributed by atoms with Crippen LogP contribution in [0.3, 0.4) is 0 Å². The number of nitrogens with one attached hydrogen (secondary N) is 2. The predicted molar refractivity (Wildman–Crippen MR) is 74.4 cm³/mol. The van der Waals surface area contributed by atoms with Crippen molar-refractivity contribution in [3.05, 3.63) is 0 Å². The molecule has 0 saturated heterocycles. The number of hydrogen-bond donors (Lipinski definition) is 3. The highest BCUT2D eigenvalue weighted by molar-refractivity contribution is 5.79. The lowest BCUT2D eigenvalue weighted by Gasteiger charge is -2.20. The van der Waals surface area contributed by atoms with E-state index in [1.54, 1.807) is 7.11 Å². The Morgan fingerprint density at radius 2 is 2.28 bits per heavy atom. The summed E-state index contributed by atoms with van der Waals surface area (Å²) in [4.78, 5) is 6.83. The third kappa shape index (κ3) is 6.18. The van der Waals surface area contributed by atoms with Gasteiger partial charge in [-0.25, -0.2) is 5.84 Å². The monoisotopic (exact) mass is 257 g/mol. The predicted octanol–water partition coefficient (Wildman–Crippen LogP) is -0.0839. The number of guanidine groups is 1. The van der Waals surface area contributed by atoms with Crippen molar-refractivity contribution in [2.75, 3.05) is 39.9 Å². The number of rotatable bonds is 9. The first-order valence-electron chi connectivity index (χ1n) is 6.79. The van der Waals surface area contributed by atoms with Gasteiger partial charge in [-0.05, 0) is 25.8 Å². The van der Waals surface area contributed by atoms with Crippen LogP contribution in [-0.2, 0) is 4.74 Å². The first kappa shape index (κ1) is 15.2. The SMILES string of the molecule is CCN(CCNC(=NCCCOC)NN)C1CC1. The zero-order valence-electron chi connectivity index (χ0n) is 11.6. The molecule has 0 amide bonds. The molecule has 0 aliphatic heterocycles. The quantitative estimate of drug-likeness (QED) is 0.177. The van der Waals surface area contributed by atoms with Gasteiger partial charge in [-0.15, -0.1) is 0 Å². The summed E-state index contributed by atoms with van der Waals surface area (Å²) >= 11 is 0. The van der Waals surface area contributed by atoms with E-state index in [0.29, 0.717) is 5.96 Å². The standard InChI is InChI=1S/C12H27N5O/c1-3-17(11-5-6-11)9-8-15-12(16-13)14-7-4-10-18-2/h11H,3-10,13H2,1-2H3,(H2,14,15,16). The Balaban J connectivity index is 2.13. The van der Waals surface area contributed by atoms with E-state index in [1.807, 2.05) is 0 Å². The minimum atomic E-state index is 0.665. The van der Waals surface area contributed by atoms with E-state index >= 15 is 0 Å². The van der Waals surface area contributed by atoms with E-state index in [0.717, 1.165) is 45.2 Å². The van der Waals surface area contributed by atoms with E-state index in [1.165, 1.54) is 12.8 Å².